The molecular weight excluding hydrogens is 252 g/mol. The quantitative estimate of drug-likeness (QED) is 0.859. The molecule has 0 atom stereocenters. The van der Waals surface area contributed by atoms with Gasteiger partial charge in [0.25, 0.3) is 0 Å². The summed E-state index contributed by atoms with van der Waals surface area (Å²) < 4.78 is 0. The summed E-state index contributed by atoms with van der Waals surface area (Å²) in [6.45, 7) is 4.49. The van der Waals surface area contributed by atoms with Crippen LogP contribution in [0.2, 0.25) is 0 Å². The molecule has 1 aromatic heterocycles. The summed E-state index contributed by atoms with van der Waals surface area (Å²) in [6.07, 6.45) is 7.83. The highest BCUT2D eigenvalue weighted by atomic mass is 16.4. The average molecular weight is 276 g/mol. The van der Waals surface area contributed by atoms with Gasteiger partial charge in [0.05, 0.1) is 11.4 Å². The van der Waals surface area contributed by atoms with Crippen molar-refractivity contribution in [2.24, 2.45) is 5.92 Å². The maximum atomic E-state index is 11.3. The number of aryl methyl sites for hydroxylation is 2. The van der Waals surface area contributed by atoms with Crippen LogP contribution < -0.4 is 5.32 Å². The molecule has 4 nitrogen and oxygen atoms in total. The Balaban J connectivity index is 1.99. The zero-order chi connectivity index (χ0) is 14.5. The van der Waals surface area contributed by atoms with Crippen LogP contribution in [0.5, 0.6) is 0 Å². The van der Waals surface area contributed by atoms with Crippen molar-refractivity contribution < 1.29 is 9.90 Å². The van der Waals surface area contributed by atoms with Crippen molar-refractivity contribution in [2.45, 2.75) is 52.4 Å². The van der Waals surface area contributed by atoms with Crippen LogP contribution in [0.3, 0.4) is 0 Å². The minimum absolute atomic E-state index is 0.305. The standard InChI is InChI=1S/C16H24N2O2/c1-11-10-14(15(16(19)20)12(2)18-11)17-9-8-13-6-4-3-5-7-13/h10,13H,3-9H2,1-2H3,(H,17,18)(H,19,20). The summed E-state index contributed by atoms with van der Waals surface area (Å²) in [7, 11) is 0. The molecule has 20 heavy (non-hydrogen) atoms. The van der Waals surface area contributed by atoms with E-state index in [2.05, 4.69) is 10.3 Å². The van der Waals surface area contributed by atoms with Crippen LogP contribution in [0.1, 0.15) is 60.3 Å². The van der Waals surface area contributed by atoms with Gasteiger partial charge < -0.3 is 10.4 Å². The lowest BCUT2D eigenvalue weighted by Gasteiger charge is -2.22. The molecule has 4 heteroatoms. The predicted octanol–water partition coefficient (Wildman–Crippen LogP) is 3.78. The van der Waals surface area contributed by atoms with Gasteiger partial charge in [-0.1, -0.05) is 32.1 Å². The van der Waals surface area contributed by atoms with E-state index in [0.717, 1.165) is 24.6 Å². The lowest BCUT2D eigenvalue weighted by Crippen LogP contribution is -2.15. The molecule has 1 saturated carbocycles. The van der Waals surface area contributed by atoms with Gasteiger partial charge in [-0.15, -0.1) is 0 Å². The smallest absolute Gasteiger partial charge is 0.339 e. The topological polar surface area (TPSA) is 62.2 Å². The molecule has 0 bridgehead atoms. The molecule has 1 aromatic rings. The maximum absolute atomic E-state index is 11.3. The van der Waals surface area contributed by atoms with Crippen LogP contribution in [-0.2, 0) is 0 Å². The molecule has 1 heterocycles. The van der Waals surface area contributed by atoms with E-state index in [-0.39, 0.29) is 0 Å². The number of nitrogens with zero attached hydrogens (tertiary/aromatic N) is 1. The van der Waals surface area contributed by atoms with E-state index in [1.165, 1.54) is 32.1 Å². The van der Waals surface area contributed by atoms with E-state index in [1.807, 2.05) is 13.0 Å². The van der Waals surface area contributed by atoms with Gasteiger partial charge in [-0.25, -0.2) is 4.79 Å². The Kier molecular flexibility index (Phi) is 4.99. The van der Waals surface area contributed by atoms with E-state index in [4.69, 9.17) is 0 Å². The van der Waals surface area contributed by atoms with Crippen molar-refractivity contribution in [3.63, 3.8) is 0 Å². The molecule has 0 radical (unpaired) electrons. The monoisotopic (exact) mass is 276 g/mol. The number of pyridine rings is 1. The summed E-state index contributed by atoms with van der Waals surface area (Å²) in [4.78, 5) is 15.6. The average Bonchev–Trinajstić information content (AvgIpc) is 2.38. The van der Waals surface area contributed by atoms with Gasteiger partial charge in [0.15, 0.2) is 0 Å². The van der Waals surface area contributed by atoms with Crippen LogP contribution in [-0.4, -0.2) is 22.6 Å². The molecule has 0 aliphatic heterocycles. The highest BCUT2D eigenvalue weighted by molar-refractivity contribution is 5.95. The first-order valence-corrected chi connectivity index (χ1v) is 7.53. The highest BCUT2D eigenvalue weighted by Crippen LogP contribution is 2.27. The first-order valence-electron chi connectivity index (χ1n) is 7.53. The van der Waals surface area contributed by atoms with Crippen molar-refractivity contribution in [1.82, 2.24) is 4.98 Å². The number of carbonyl (C=O) groups is 1. The molecule has 0 unspecified atom stereocenters. The van der Waals surface area contributed by atoms with Crippen molar-refractivity contribution in [3.05, 3.63) is 23.0 Å². The Labute approximate surface area is 120 Å². The second-order valence-electron chi connectivity index (χ2n) is 5.80. The van der Waals surface area contributed by atoms with Gasteiger partial charge in [0.2, 0.25) is 0 Å². The lowest BCUT2D eigenvalue weighted by atomic mass is 9.87. The van der Waals surface area contributed by atoms with E-state index in [9.17, 15) is 9.90 Å². The number of hydrogen-bond acceptors (Lipinski definition) is 3. The molecule has 1 aliphatic carbocycles. The van der Waals surface area contributed by atoms with Gasteiger partial charge >= 0.3 is 5.97 Å². The van der Waals surface area contributed by atoms with E-state index in [1.54, 1.807) is 6.92 Å². The molecule has 0 amide bonds. The zero-order valence-corrected chi connectivity index (χ0v) is 12.4. The number of rotatable bonds is 5. The molecule has 110 valence electrons. The molecule has 2 rings (SSSR count). The largest absolute Gasteiger partial charge is 0.478 e. The van der Waals surface area contributed by atoms with E-state index in [0.29, 0.717) is 16.9 Å². The summed E-state index contributed by atoms with van der Waals surface area (Å²) >= 11 is 0. The summed E-state index contributed by atoms with van der Waals surface area (Å²) in [5.74, 6) is -0.108. The number of aromatic nitrogens is 1. The molecule has 0 spiro atoms. The second-order valence-corrected chi connectivity index (χ2v) is 5.80. The van der Waals surface area contributed by atoms with Gasteiger partial charge in [-0.2, -0.15) is 0 Å². The number of carboxylic acid groups (broad SMARTS) is 1. The fourth-order valence-electron chi connectivity index (χ4n) is 3.12. The minimum atomic E-state index is -0.907. The Morgan fingerprint density at radius 3 is 2.70 bits per heavy atom. The lowest BCUT2D eigenvalue weighted by molar-refractivity contribution is 0.0696. The number of anilines is 1. The summed E-state index contributed by atoms with van der Waals surface area (Å²) in [5.41, 5.74) is 2.45. The molecular formula is C16H24N2O2. The fourth-order valence-corrected chi connectivity index (χ4v) is 3.12. The first kappa shape index (κ1) is 14.8. The SMILES string of the molecule is Cc1cc(NCCC2CCCCC2)c(C(=O)O)c(C)n1. The molecule has 1 fully saturated rings. The normalized spacial score (nSPS) is 16.1. The maximum Gasteiger partial charge on any atom is 0.339 e. The van der Waals surface area contributed by atoms with Crippen LogP contribution in [0.15, 0.2) is 6.07 Å². The van der Waals surface area contributed by atoms with Crippen LogP contribution in [0.25, 0.3) is 0 Å². The number of aromatic carboxylic acids is 1. The Hall–Kier alpha value is -1.58. The minimum Gasteiger partial charge on any atom is -0.478 e. The van der Waals surface area contributed by atoms with Gasteiger partial charge in [-0.05, 0) is 32.3 Å². The third-order valence-corrected chi connectivity index (χ3v) is 4.14. The van der Waals surface area contributed by atoms with Crippen LogP contribution >= 0.6 is 0 Å². The van der Waals surface area contributed by atoms with Crippen molar-refractivity contribution in [1.29, 1.82) is 0 Å². The van der Waals surface area contributed by atoms with Crippen LogP contribution in [0, 0.1) is 19.8 Å². The molecule has 1 aliphatic rings. The van der Waals surface area contributed by atoms with E-state index >= 15 is 0 Å². The predicted molar refractivity (Wildman–Crippen MR) is 80.4 cm³/mol. The summed E-state index contributed by atoms with van der Waals surface area (Å²) in [5, 5.41) is 12.6. The molecule has 0 aromatic carbocycles. The Morgan fingerprint density at radius 1 is 1.35 bits per heavy atom. The van der Waals surface area contributed by atoms with Crippen molar-refractivity contribution >= 4 is 11.7 Å². The summed E-state index contributed by atoms with van der Waals surface area (Å²) in [6, 6.07) is 1.83. The van der Waals surface area contributed by atoms with Crippen molar-refractivity contribution in [2.75, 3.05) is 11.9 Å². The van der Waals surface area contributed by atoms with Gasteiger partial charge in [0, 0.05) is 12.2 Å². The highest BCUT2D eigenvalue weighted by Gasteiger charge is 2.16. The first-order chi connectivity index (χ1) is 9.58. The van der Waals surface area contributed by atoms with E-state index < -0.39 is 5.97 Å². The number of carboxylic acids is 1. The third-order valence-electron chi connectivity index (χ3n) is 4.14. The fraction of sp³-hybridized carbons (Fsp3) is 0.625. The zero-order valence-electron chi connectivity index (χ0n) is 12.4. The van der Waals surface area contributed by atoms with Crippen LogP contribution in [0.4, 0.5) is 5.69 Å². The Bertz CT molecular complexity index is 480. The Morgan fingerprint density at radius 2 is 2.05 bits per heavy atom. The van der Waals surface area contributed by atoms with Crippen molar-refractivity contribution in [3.8, 4) is 0 Å². The second kappa shape index (κ2) is 6.73. The molecule has 2 N–H and O–H groups in total. The van der Waals surface area contributed by atoms with Gasteiger partial charge in [-0.3, -0.25) is 4.98 Å². The third kappa shape index (κ3) is 3.71. The van der Waals surface area contributed by atoms with Gasteiger partial charge in [0.1, 0.15) is 5.56 Å². The number of nitrogens with one attached hydrogen (secondary N) is 1. The molecule has 0 saturated heterocycles. The number of hydrogen-bond donors (Lipinski definition) is 2.